The molecule has 5 rings (SSSR count). The monoisotopic (exact) mass is 900 g/mol. The van der Waals surface area contributed by atoms with Crippen molar-refractivity contribution in [3.8, 4) is 0 Å². The van der Waals surface area contributed by atoms with E-state index in [-0.39, 0.29) is 22.6 Å². The van der Waals surface area contributed by atoms with Crippen LogP contribution in [-0.2, 0) is 42.8 Å². The summed E-state index contributed by atoms with van der Waals surface area (Å²) in [4.78, 5) is 46.6. The molecule has 0 aliphatic carbocycles. The van der Waals surface area contributed by atoms with Gasteiger partial charge < -0.3 is 34.7 Å². The number of fused-ring (bicyclic) bond motifs is 8. The SMILES string of the molecule is CCCCC1=C(CCCC)c2nc1nc1[n-]c(nc3nc(nc4[n-]c(n2)c(CCCC)c4CCCC)C(CCCC)=C3CCCC)c(CCCC)c1CCCC.[C-]#[N+]C(C)(C)C.[Fe+2]. The molecule has 0 amide bonds. The van der Waals surface area contributed by atoms with Crippen LogP contribution in [0.4, 0.5) is 0 Å². The van der Waals surface area contributed by atoms with Gasteiger partial charge in [-0.2, -0.15) is 0 Å². The summed E-state index contributed by atoms with van der Waals surface area (Å²) in [6.45, 7) is 30.3. The van der Waals surface area contributed by atoms with E-state index < -0.39 is 0 Å². The predicted octanol–water partition coefficient (Wildman–Crippen LogP) is 14.8. The van der Waals surface area contributed by atoms with Gasteiger partial charge in [0.2, 0.25) is 5.54 Å². The Morgan fingerprint density at radius 1 is 0.365 bits per heavy atom. The van der Waals surface area contributed by atoms with Crippen molar-refractivity contribution in [1.29, 1.82) is 0 Å². The van der Waals surface area contributed by atoms with Crippen LogP contribution in [0.2, 0.25) is 0 Å². The first-order chi connectivity index (χ1) is 30.0. The van der Waals surface area contributed by atoms with E-state index in [9.17, 15) is 0 Å². The molecular weight excluding hydrogens is 818 g/mol. The van der Waals surface area contributed by atoms with Gasteiger partial charge in [-0.1, -0.05) is 107 Å². The molecule has 0 atom stereocenters. The summed E-state index contributed by atoms with van der Waals surface area (Å²) < 4.78 is 0. The van der Waals surface area contributed by atoms with Gasteiger partial charge in [0.05, 0.1) is 23.3 Å². The molecular formula is C53H81FeN9. The van der Waals surface area contributed by atoms with Crippen molar-refractivity contribution in [2.45, 2.75) is 236 Å². The molecule has 3 aromatic heterocycles. The van der Waals surface area contributed by atoms with Gasteiger partial charge in [0.25, 0.3) is 0 Å². The largest absolute Gasteiger partial charge is 2.00 e. The topological polar surface area (TPSA) is 110 Å². The third-order valence-electron chi connectivity index (χ3n) is 11.9. The fourth-order valence-electron chi connectivity index (χ4n) is 8.09. The minimum atomic E-state index is -0.167. The Hall–Kier alpha value is -3.67. The smallest absolute Gasteiger partial charge is 0.358 e. The van der Waals surface area contributed by atoms with Crippen LogP contribution in [0.25, 0.3) is 49.7 Å². The van der Waals surface area contributed by atoms with Crippen LogP contribution in [0.1, 0.15) is 250 Å². The van der Waals surface area contributed by atoms with Crippen molar-refractivity contribution in [1.82, 2.24) is 39.9 Å². The summed E-state index contributed by atoms with van der Waals surface area (Å²) in [5, 5.41) is 0. The normalized spacial score (nSPS) is 12.7. The Labute approximate surface area is 392 Å². The van der Waals surface area contributed by atoms with E-state index in [0.29, 0.717) is 0 Å². The number of aromatic nitrogens is 8. The van der Waals surface area contributed by atoms with Gasteiger partial charge in [-0.3, -0.25) is 0 Å². The van der Waals surface area contributed by atoms with Gasteiger partial charge in [0.15, 0.2) is 0 Å². The quantitative estimate of drug-likeness (QED) is 0.0646. The molecule has 9 nitrogen and oxygen atoms in total. The molecule has 0 saturated heterocycles. The fourth-order valence-corrected chi connectivity index (χ4v) is 8.09. The Kier molecular flexibility index (Phi) is 23.5. The summed E-state index contributed by atoms with van der Waals surface area (Å²) in [6.07, 6.45) is 25.0. The maximum Gasteiger partial charge on any atom is 2.00 e. The summed E-state index contributed by atoms with van der Waals surface area (Å²) in [5.41, 5.74) is 12.9. The Balaban J connectivity index is 0.00000141. The molecule has 5 heterocycles. The zero-order chi connectivity index (χ0) is 45.1. The molecule has 346 valence electrons. The van der Waals surface area contributed by atoms with Crippen molar-refractivity contribution in [2.24, 2.45) is 0 Å². The Bertz CT molecular complexity index is 1890. The number of rotatable bonds is 24. The van der Waals surface area contributed by atoms with E-state index in [1.165, 1.54) is 44.5 Å². The minimum Gasteiger partial charge on any atom is -0.358 e. The van der Waals surface area contributed by atoms with Crippen LogP contribution >= 0.6 is 0 Å². The minimum absolute atomic E-state index is 0. The van der Waals surface area contributed by atoms with E-state index >= 15 is 0 Å². The van der Waals surface area contributed by atoms with E-state index in [1.54, 1.807) is 0 Å². The fraction of sp³-hybridized carbons (Fsp3) is 0.679. The molecule has 3 aromatic rings. The molecule has 10 heteroatoms. The van der Waals surface area contributed by atoms with Crippen LogP contribution in [0.5, 0.6) is 0 Å². The molecule has 63 heavy (non-hydrogen) atoms. The number of hydrogen-bond donors (Lipinski definition) is 0. The van der Waals surface area contributed by atoms with E-state index in [4.69, 9.17) is 46.4 Å². The number of hydrogen-bond acceptors (Lipinski definition) is 6. The number of unbranched alkanes of at least 4 members (excludes halogenated alkanes) is 8. The maximum absolute atomic E-state index is 6.48. The average molecular weight is 900 g/mol. The summed E-state index contributed by atoms with van der Waals surface area (Å²) >= 11 is 0. The van der Waals surface area contributed by atoms with Crippen molar-refractivity contribution < 1.29 is 17.1 Å². The van der Waals surface area contributed by atoms with Gasteiger partial charge in [-0.05, 0) is 147 Å². The first kappa shape index (κ1) is 53.7. The first-order valence-electron chi connectivity index (χ1n) is 25.0. The second kappa shape index (κ2) is 27.6. The van der Waals surface area contributed by atoms with Crippen molar-refractivity contribution >= 4 is 44.9 Å². The van der Waals surface area contributed by atoms with Crippen LogP contribution < -0.4 is 9.97 Å². The van der Waals surface area contributed by atoms with E-state index in [1.807, 2.05) is 20.8 Å². The van der Waals surface area contributed by atoms with Crippen molar-refractivity contribution in [2.75, 3.05) is 0 Å². The van der Waals surface area contributed by atoms with E-state index in [0.717, 1.165) is 200 Å². The zero-order valence-electron chi connectivity index (χ0n) is 41.3. The van der Waals surface area contributed by atoms with Gasteiger partial charge in [0, 0.05) is 43.4 Å². The van der Waals surface area contributed by atoms with Crippen LogP contribution in [0.15, 0.2) is 0 Å². The maximum atomic E-state index is 6.48. The summed E-state index contributed by atoms with van der Waals surface area (Å²) in [7, 11) is 0. The molecule has 0 saturated carbocycles. The van der Waals surface area contributed by atoms with Gasteiger partial charge in [-0.15, -0.1) is 0 Å². The second-order valence-corrected chi connectivity index (χ2v) is 18.4. The van der Waals surface area contributed by atoms with Crippen molar-refractivity contribution in [3.05, 3.63) is 57.0 Å². The van der Waals surface area contributed by atoms with Crippen LogP contribution in [-0.4, -0.2) is 35.4 Å². The van der Waals surface area contributed by atoms with Crippen LogP contribution in [0.3, 0.4) is 0 Å². The molecule has 0 aromatic carbocycles. The van der Waals surface area contributed by atoms with E-state index in [2.05, 4.69) is 60.2 Å². The molecule has 2 aliphatic heterocycles. The number of nitrogens with zero attached hydrogens (tertiary/aromatic N) is 9. The van der Waals surface area contributed by atoms with Gasteiger partial charge in [-0.25, -0.2) is 16.5 Å². The molecule has 0 spiro atoms. The third-order valence-corrected chi connectivity index (χ3v) is 11.9. The second-order valence-electron chi connectivity index (χ2n) is 18.4. The number of aryl methyl sites for hydroxylation is 4. The molecule has 2 aliphatic rings. The summed E-state index contributed by atoms with van der Waals surface area (Å²) in [5.74, 6) is 3.15. The predicted molar refractivity (Wildman–Crippen MR) is 263 cm³/mol. The van der Waals surface area contributed by atoms with Gasteiger partial charge in [0.1, 0.15) is 0 Å². The standard InChI is InChI=1S/C48H72N8.C5H9N.Fe/c1-9-17-25-33-34(26-18-10-2)42-49-41(33)53-43-35(27-19-11-3)36(28-20-12-4)45(50-43)55-47-39(31-23-15-7)40(32-24-16-8)48(52-47)56-46-38(30-22-14-6)37(29-21-13-5)44(51-46)54-42;1-5(2,3)6-4;/h9-32H2,1-8H3;1-3H3;/q-2;;+2. The first-order valence-corrected chi connectivity index (χ1v) is 25.0. The number of allylic oxidation sites excluding steroid dienone is 4. The Morgan fingerprint density at radius 3 is 0.730 bits per heavy atom. The third kappa shape index (κ3) is 14.9. The molecule has 0 fully saturated rings. The Morgan fingerprint density at radius 2 is 0.556 bits per heavy atom. The average Bonchev–Trinajstić information content (AvgIpc) is 3.96. The summed E-state index contributed by atoms with van der Waals surface area (Å²) in [6, 6.07) is 0. The molecule has 0 N–H and O–H groups in total. The molecule has 0 unspecified atom stereocenters. The van der Waals surface area contributed by atoms with Crippen LogP contribution in [0, 0.1) is 6.57 Å². The van der Waals surface area contributed by atoms with Crippen molar-refractivity contribution in [3.63, 3.8) is 0 Å². The molecule has 0 radical (unpaired) electrons. The molecule has 8 bridgehead atoms. The zero-order valence-corrected chi connectivity index (χ0v) is 42.5. The van der Waals surface area contributed by atoms with Gasteiger partial charge >= 0.3 is 17.1 Å².